The van der Waals surface area contributed by atoms with Gasteiger partial charge in [-0.25, -0.2) is 4.79 Å². The second-order valence-corrected chi connectivity index (χ2v) is 4.83. The van der Waals surface area contributed by atoms with Crippen LogP contribution >= 0.6 is 22.9 Å². The summed E-state index contributed by atoms with van der Waals surface area (Å²) in [7, 11) is 0. The van der Waals surface area contributed by atoms with Gasteiger partial charge >= 0.3 is 6.03 Å². The molecule has 2 N–H and O–H groups in total. The van der Waals surface area contributed by atoms with E-state index >= 15 is 0 Å². The van der Waals surface area contributed by atoms with Crippen LogP contribution in [-0.4, -0.2) is 16.2 Å². The zero-order valence-corrected chi connectivity index (χ0v) is 10.5. The number of nitrogens with one attached hydrogen (secondary N) is 2. The Morgan fingerprint density at radius 3 is 2.53 bits per heavy atom. The lowest BCUT2D eigenvalue weighted by atomic mass is 10.3. The molecule has 2 rings (SSSR count). The number of aromatic nitrogens is 2. The van der Waals surface area contributed by atoms with Crippen LogP contribution < -0.4 is 10.6 Å². The van der Waals surface area contributed by atoms with Gasteiger partial charge in [0, 0.05) is 10.7 Å². The lowest BCUT2D eigenvalue weighted by Crippen LogP contribution is -2.19. The van der Waals surface area contributed by atoms with Gasteiger partial charge in [-0.05, 0) is 31.2 Å². The van der Waals surface area contributed by atoms with Crippen LogP contribution in [0, 0.1) is 6.92 Å². The van der Waals surface area contributed by atoms with Crippen molar-refractivity contribution >= 4 is 39.8 Å². The summed E-state index contributed by atoms with van der Waals surface area (Å²) in [5, 5.41) is 14.7. The highest BCUT2D eigenvalue weighted by Gasteiger charge is 2.05. The molecular weight excluding hydrogens is 260 g/mol. The van der Waals surface area contributed by atoms with Crippen molar-refractivity contribution in [2.24, 2.45) is 0 Å². The van der Waals surface area contributed by atoms with Gasteiger partial charge in [0.2, 0.25) is 5.13 Å². The van der Waals surface area contributed by atoms with E-state index in [4.69, 9.17) is 11.6 Å². The fraction of sp³-hybridized carbons (Fsp3) is 0.100. The maximum atomic E-state index is 11.6. The van der Waals surface area contributed by atoms with Gasteiger partial charge in [0.15, 0.2) is 0 Å². The Bertz CT molecular complexity index is 525. The highest BCUT2D eigenvalue weighted by molar-refractivity contribution is 7.15. The van der Waals surface area contributed by atoms with Crippen molar-refractivity contribution in [1.29, 1.82) is 0 Å². The number of rotatable bonds is 2. The molecule has 5 nitrogen and oxygen atoms in total. The molecule has 1 aromatic carbocycles. The molecule has 0 atom stereocenters. The van der Waals surface area contributed by atoms with E-state index in [0.717, 1.165) is 5.01 Å². The van der Waals surface area contributed by atoms with Gasteiger partial charge in [0.1, 0.15) is 5.01 Å². The van der Waals surface area contributed by atoms with Crippen molar-refractivity contribution in [3.63, 3.8) is 0 Å². The monoisotopic (exact) mass is 268 g/mol. The van der Waals surface area contributed by atoms with Gasteiger partial charge in [-0.15, -0.1) is 10.2 Å². The summed E-state index contributed by atoms with van der Waals surface area (Å²) in [4.78, 5) is 11.6. The number of amides is 2. The Morgan fingerprint density at radius 2 is 1.94 bits per heavy atom. The zero-order chi connectivity index (χ0) is 12.3. The van der Waals surface area contributed by atoms with Crippen LogP contribution in [0.5, 0.6) is 0 Å². The highest BCUT2D eigenvalue weighted by atomic mass is 35.5. The molecule has 2 amide bonds. The molecule has 17 heavy (non-hydrogen) atoms. The Hall–Kier alpha value is -1.66. The Kier molecular flexibility index (Phi) is 3.55. The minimum Gasteiger partial charge on any atom is -0.308 e. The molecule has 2 aromatic rings. The zero-order valence-electron chi connectivity index (χ0n) is 8.90. The van der Waals surface area contributed by atoms with Crippen LogP contribution in [0.3, 0.4) is 0 Å². The van der Waals surface area contributed by atoms with E-state index in [1.165, 1.54) is 11.3 Å². The average Bonchev–Trinajstić information content (AvgIpc) is 2.67. The van der Waals surface area contributed by atoms with Crippen LogP contribution in [0.2, 0.25) is 5.02 Å². The first-order chi connectivity index (χ1) is 8.13. The SMILES string of the molecule is Cc1nnc(NC(=O)Nc2ccc(Cl)cc2)s1. The predicted octanol–water partition coefficient (Wildman–Crippen LogP) is 3.14. The maximum Gasteiger partial charge on any atom is 0.325 e. The van der Waals surface area contributed by atoms with Gasteiger partial charge in [0.05, 0.1) is 0 Å². The Balaban J connectivity index is 1.95. The number of carbonyl (C=O) groups is 1. The topological polar surface area (TPSA) is 66.9 Å². The molecule has 0 fully saturated rings. The van der Waals surface area contributed by atoms with E-state index in [-0.39, 0.29) is 6.03 Å². The minimum atomic E-state index is -0.358. The third-order valence-corrected chi connectivity index (χ3v) is 2.85. The van der Waals surface area contributed by atoms with Crippen LogP contribution in [0.1, 0.15) is 5.01 Å². The number of anilines is 2. The molecule has 1 heterocycles. The van der Waals surface area contributed by atoms with Crippen LogP contribution in [0.25, 0.3) is 0 Å². The van der Waals surface area contributed by atoms with Crippen molar-refractivity contribution in [2.75, 3.05) is 10.6 Å². The number of urea groups is 1. The van der Waals surface area contributed by atoms with E-state index in [1.807, 2.05) is 6.92 Å². The number of nitrogens with zero attached hydrogens (tertiary/aromatic N) is 2. The molecule has 0 spiro atoms. The van der Waals surface area contributed by atoms with E-state index in [0.29, 0.717) is 15.8 Å². The quantitative estimate of drug-likeness (QED) is 0.879. The molecule has 0 saturated carbocycles. The van der Waals surface area contributed by atoms with E-state index < -0.39 is 0 Å². The number of aryl methyl sites for hydroxylation is 1. The third-order valence-electron chi connectivity index (χ3n) is 1.85. The highest BCUT2D eigenvalue weighted by Crippen LogP contribution is 2.16. The summed E-state index contributed by atoms with van der Waals surface area (Å²) < 4.78 is 0. The lowest BCUT2D eigenvalue weighted by molar-refractivity contribution is 0.262. The van der Waals surface area contributed by atoms with Crippen LogP contribution in [-0.2, 0) is 0 Å². The van der Waals surface area contributed by atoms with E-state index in [1.54, 1.807) is 24.3 Å². The first-order valence-corrected chi connectivity index (χ1v) is 5.96. The number of halogens is 1. The molecule has 0 aliphatic heterocycles. The summed E-state index contributed by atoms with van der Waals surface area (Å²) in [6.45, 7) is 1.82. The summed E-state index contributed by atoms with van der Waals surface area (Å²) in [6.07, 6.45) is 0. The average molecular weight is 269 g/mol. The smallest absolute Gasteiger partial charge is 0.308 e. The van der Waals surface area contributed by atoms with Crippen molar-refractivity contribution in [3.8, 4) is 0 Å². The molecule has 0 bridgehead atoms. The standard InChI is InChI=1S/C10H9ClN4OS/c1-6-14-15-10(17-6)13-9(16)12-8-4-2-7(11)3-5-8/h2-5H,1H3,(H2,12,13,15,16). The maximum absolute atomic E-state index is 11.6. The first-order valence-electron chi connectivity index (χ1n) is 4.77. The molecule has 0 radical (unpaired) electrons. The van der Waals surface area contributed by atoms with Gasteiger partial charge in [0.25, 0.3) is 0 Å². The lowest BCUT2D eigenvalue weighted by Gasteiger charge is -2.04. The fourth-order valence-electron chi connectivity index (χ4n) is 1.14. The Morgan fingerprint density at radius 1 is 1.24 bits per heavy atom. The van der Waals surface area contributed by atoms with Gasteiger partial charge in [-0.3, -0.25) is 5.32 Å². The largest absolute Gasteiger partial charge is 0.325 e. The van der Waals surface area contributed by atoms with Gasteiger partial charge < -0.3 is 5.32 Å². The van der Waals surface area contributed by atoms with Crippen LogP contribution in [0.15, 0.2) is 24.3 Å². The fourth-order valence-corrected chi connectivity index (χ4v) is 1.85. The third kappa shape index (κ3) is 3.40. The molecule has 88 valence electrons. The number of carbonyl (C=O) groups excluding carboxylic acids is 1. The summed E-state index contributed by atoms with van der Waals surface area (Å²) >= 11 is 7.05. The Labute approximate surface area is 107 Å². The predicted molar refractivity (Wildman–Crippen MR) is 68.7 cm³/mol. The minimum absolute atomic E-state index is 0.358. The molecule has 7 heteroatoms. The second kappa shape index (κ2) is 5.11. The molecule has 0 saturated heterocycles. The normalized spacial score (nSPS) is 10.0. The van der Waals surface area contributed by atoms with Crippen molar-refractivity contribution in [3.05, 3.63) is 34.3 Å². The molecule has 0 unspecified atom stereocenters. The van der Waals surface area contributed by atoms with E-state index in [2.05, 4.69) is 20.8 Å². The van der Waals surface area contributed by atoms with Gasteiger partial charge in [-0.1, -0.05) is 22.9 Å². The summed E-state index contributed by atoms with van der Waals surface area (Å²) in [5.41, 5.74) is 0.660. The number of hydrogen-bond donors (Lipinski definition) is 2. The summed E-state index contributed by atoms with van der Waals surface area (Å²) in [6, 6.07) is 6.47. The molecular formula is C10H9ClN4OS. The van der Waals surface area contributed by atoms with E-state index in [9.17, 15) is 4.79 Å². The first kappa shape index (κ1) is 11.8. The van der Waals surface area contributed by atoms with Crippen molar-refractivity contribution < 1.29 is 4.79 Å². The molecule has 1 aromatic heterocycles. The number of hydrogen-bond acceptors (Lipinski definition) is 4. The van der Waals surface area contributed by atoms with Crippen molar-refractivity contribution in [2.45, 2.75) is 6.92 Å². The van der Waals surface area contributed by atoms with Crippen LogP contribution in [0.4, 0.5) is 15.6 Å². The summed E-state index contributed by atoms with van der Waals surface area (Å²) in [5.74, 6) is 0. The second-order valence-electron chi connectivity index (χ2n) is 3.21. The van der Waals surface area contributed by atoms with Crippen molar-refractivity contribution in [1.82, 2.24) is 10.2 Å². The molecule has 0 aliphatic rings. The van der Waals surface area contributed by atoms with Gasteiger partial charge in [-0.2, -0.15) is 0 Å². The number of benzene rings is 1. The molecule has 0 aliphatic carbocycles.